The number of aliphatic hydroxyl groups excluding tert-OH is 1. The second kappa shape index (κ2) is 7.02. The van der Waals surface area contributed by atoms with E-state index in [1.807, 2.05) is 6.07 Å². The molecule has 4 N–H and O–H groups in total. The fourth-order valence-electron chi connectivity index (χ4n) is 4.56. The number of amides is 1. The third-order valence-corrected chi connectivity index (χ3v) is 6.22. The van der Waals surface area contributed by atoms with Gasteiger partial charge in [0.2, 0.25) is 12.7 Å². The van der Waals surface area contributed by atoms with Crippen LogP contribution >= 0.6 is 0 Å². The summed E-state index contributed by atoms with van der Waals surface area (Å²) in [5, 5.41) is 13.8. The summed E-state index contributed by atoms with van der Waals surface area (Å²) in [6, 6.07) is 5.17. The second-order valence-corrected chi connectivity index (χ2v) is 7.99. The Hall–Kier alpha value is -3.96. The number of hydrogen-bond donors (Lipinski definition) is 3. The highest BCUT2D eigenvalue weighted by Crippen LogP contribution is 2.42. The van der Waals surface area contributed by atoms with E-state index in [9.17, 15) is 19.5 Å². The van der Waals surface area contributed by atoms with Crippen LogP contribution in [0.15, 0.2) is 23.0 Å². The van der Waals surface area contributed by atoms with Crippen molar-refractivity contribution >= 4 is 22.8 Å². The van der Waals surface area contributed by atoms with Gasteiger partial charge in [0.25, 0.3) is 5.56 Å². The number of hydrogen-bond acceptors (Lipinski definition) is 9. The molecular formula is C22H18N4O7. The van der Waals surface area contributed by atoms with E-state index in [2.05, 4.69) is 5.32 Å². The molecule has 2 aromatic heterocycles. The topological polar surface area (TPSA) is 155 Å². The first-order valence-electron chi connectivity index (χ1n) is 10.3. The molecule has 168 valence electrons. The monoisotopic (exact) mass is 450 g/mol. The number of carbonyl (C=O) groups excluding carboxylic acids is 2. The Balaban J connectivity index is 1.59. The van der Waals surface area contributed by atoms with Crippen molar-refractivity contribution in [1.29, 1.82) is 0 Å². The van der Waals surface area contributed by atoms with Crippen molar-refractivity contribution < 1.29 is 28.9 Å². The number of nitrogens with one attached hydrogen (secondary N) is 1. The average Bonchev–Trinajstić information content (AvgIpc) is 3.42. The van der Waals surface area contributed by atoms with E-state index in [1.54, 1.807) is 12.1 Å². The third kappa shape index (κ3) is 2.82. The molecule has 5 heterocycles. The lowest BCUT2D eigenvalue weighted by molar-refractivity contribution is -0.157. The smallest absolute Gasteiger partial charge is 0.340 e. The highest BCUT2D eigenvalue weighted by atomic mass is 16.7. The van der Waals surface area contributed by atoms with Gasteiger partial charge >= 0.3 is 5.97 Å². The number of nitrogens with zero attached hydrogens (tertiary/aromatic N) is 2. The van der Waals surface area contributed by atoms with Gasteiger partial charge in [0.1, 0.15) is 6.61 Å². The number of fused-ring (bicyclic) bond motifs is 6. The number of cyclic esters (lactones) is 1. The second-order valence-electron chi connectivity index (χ2n) is 7.99. The van der Waals surface area contributed by atoms with Crippen LogP contribution in [-0.4, -0.2) is 39.9 Å². The van der Waals surface area contributed by atoms with Gasteiger partial charge in [0, 0.05) is 29.1 Å². The van der Waals surface area contributed by atoms with E-state index in [0.29, 0.717) is 28.4 Å². The molecule has 1 aromatic carbocycles. The maximum atomic E-state index is 13.2. The first-order chi connectivity index (χ1) is 16.0. The van der Waals surface area contributed by atoms with Crippen LogP contribution in [0.2, 0.25) is 0 Å². The first kappa shape index (κ1) is 19.7. The average molecular weight is 450 g/mol. The Labute approximate surface area is 185 Å². The van der Waals surface area contributed by atoms with Gasteiger partial charge in [-0.1, -0.05) is 0 Å². The summed E-state index contributed by atoms with van der Waals surface area (Å²) in [5.74, 6) is -0.00529. The molecule has 0 fully saturated rings. The predicted octanol–water partition coefficient (Wildman–Crippen LogP) is -0.181. The normalized spacial score (nSPS) is 17.4. The Bertz CT molecular complexity index is 1450. The van der Waals surface area contributed by atoms with E-state index in [-0.39, 0.29) is 55.6 Å². The summed E-state index contributed by atoms with van der Waals surface area (Å²) in [5.41, 5.74) is 8.67. The molecule has 1 unspecified atom stereocenters. The van der Waals surface area contributed by atoms with Crippen molar-refractivity contribution in [3.8, 4) is 22.9 Å². The van der Waals surface area contributed by atoms with E-state index in [0.717, 1.165) is 16.5 Å². The van der Waals surface area contributed by atoms with Gasteiger partial charge < -0.3 is 34.9 Å². The number of carbonyl (C=O) groups is 2. The highest BCUT2D eigenvalue weighted by molar-refractivity contribution is 5.91. The van der Waals surface area contributed by atoms with E-state index >= 15 is 0 Å². The summed E-state index contributed by atoms with van der Waals surface area (Å²) >= 11 is 0. The molecule has 3 aliphatic heterocycles. The van der Waals surface area contributed by atoms with Gasteiger partial charge in [-0.15, -0.1) is 0 Å². The van der Waals surface area contributed by atoms with E-state index in [4.69, 9.17) is 24.9 Å². The molecule has 6 rings (SSSR count). The Kier molecular flexibility index (Phi) is 4.19. The highest BCUT2D eigenvalue weighted by Gasteiger charge is 2.35. The van der Waals surface area contributed by atoms with Crippen molar-refractivity contribution in [3.63, 3.8) is 0 Å². The molecule has 1 amide bonds. The molecule has 0 saturated carbocycles. The van der Waals surface area contributed by atoms with Crippen LogP contribution in [0, 0.1) is 0 Å². The summed E-state index contributed by atoms with van der Waals surface area (Å²) in [6.45, 7) is 0.130. The fourth-order valence-corrected chi connectivity index (χ4v) is 4.56. The fraction of sp³-hybridized carbons (Fsp3) is 0.273. The molecule has 1 atom stereocenters. The predicted molar refractivity (Wildman–Crippen MR) is 112 cm³/mol. The van der Waals surface area contributed by atoms with Gasteiger partial charge in [-0.2, -0.15) is 0 Å². The zero-order valence-corrected chi connectivity index (χ0v) is 17.2. The van der Waals surface area contributed by atoms with Crippen LogP contribution in [0.5, 0.6) is 11.5 Å². The van der Waals surface area contributed by atoms with Crippen molar-refractivity contribution in [2.75, 3.05) is 13.3 Å². The number of nitrogens with two attached hydrogens (primary N) is 1. The molecule has 11 heteroatoms. The molecular weight excluding hydrogens is 432 g/mol. The summed E-state index contributed by atoms with van der Waals surface area (Å²) in [7, 11) is 0. The maximum absolute atomic E-state index is 13.2. The van der Waals surface area contributed by atoms with Crippen LogP contribution in [0.1, 0.15) is 28.4 Å². The summed E-state index contributed by atoms with van der Waals surface area (Å²) < 4.78 is 17.5. The minimum atomic E-state index is -1.53. The van der Waals surface area contributed by atoms with Gasteiger partial charge in [0.15, 0.2) is 17.6 Å². The number of aliphatic hydroxyl groups is 1. The Morgan fingerprint density at radius 3 is 2.76 bits per heavy atom. The maximum Gasteiger partial charge on any atom is 0.340 e. The lowest BCUT2D eigenvalue weighted by Gasteiger charge is -2.21. The molecule has 0 bridgehead atoms. The lowest BCUT2D eigenvalue weighted by atomic mass is 9.98. The number of rotatable bonds is 3. The number of pyridine rings is 2. The number of benzene rings is 1. The molecule has 11 nitrogen and oxygen atoms in total. The zero-order valence-electron chi connectivity index (χ0n) is 17.2. The summed E-state index contributed by atoms with van der Waals surface area (Å²) in [6.07, 6.45) is -1.53. The molecule has 3 aliphatic rings. The SMILES string of the molecule is NCC(=O)NCc1c2c(nc3cc4c(cc13)OCO4)-c1cc3c(c(=O)n1C2)COC(=O)C3O. The van der Waals surface area contributed by atoms with Gasteiger partial charge in [-0.3, -0.25) is 9.59 Å². The van der Waals surface area contributed by atoms with Crippen LogP contribution in [0.4, 0.5) is 0 Å². The van der Waals surface area contributed by atoms with Crippen molar-refractivity contribution in [2.24, 2.45) is 5.73 Å². The molecule has 0 radical (unpaired) electrons. The lowest BCUT2D eigenvalue weighted by Crippen LogP contribution is -2.32. The van der Waals surface area contributed by atoms with Crippen molar-refractivity contribution in [2.45, 2.75) is 25.8 Å². The van der Waals surface area contributed by atoms with E-state index in [1.165, 1.54) is 4.57 Å². The van der Waals surface area contributed by atoms with Crippen LogP contribution in [0.25, 0.3) is 22.3 Å². The van der Waals surface area contributed by atoms with Gasteiger partial charge in [-0.05, 0) is 17.7 Å². The van der Waals surface area contributed by atoms with Crippen molar-refractivity contribution in [3.05, 3.63) is 50.8 Å². The Morgan fingerprint density at radius 2 is 1.97 bits per heavy atom. The van der Waals surface area contributed by atoms with Crippen molar-refractivity contribution in [1.82, 2.24) is 14.9 Å². The van der Waals surface area contributed by atoms with Gasteiger partial charge in [-0.25, -0.2) is 9.78 Å². The minimum Gasteiger partial charge on any atom is -0.458 e. The Morgan fingerprint density at radius 1 is 1.18 bits per heavy atom. The molecule has 0 saturated heterocycles. The molecule has 33 heavy (non-hydrogen) atoms. The number of esters is 1. The standard InChI is InChI=1S/C22H18N4O7/c23-4-18(27)24-5-11-9-2-16-17(33-8-32-16)3-14(9)25-19-12(11)6-26-15(19)1-10-13(21(26)29)7-31-22(30)20(10)28/h1-3,20,28H,4-8,23H2,(H,24,27). The van der Waals surface area contributed by atoms with E-state index < -0.39 is 12.1 Å². The molecule has 0 spiro atoms. The zero-order chi connectivity index (χ0) is 22.9. The minimum absolute atomic E-state index is 0.100. The van der Waals surface area contributed by atoms with Crippen LogP contribution in [0.3, 0.4) is 0 Å². The largest absolute Gasteiger partial charge is 0.458 e. The summed E-state index contributed by atoms with van der Waals surface area (Å²) in [4.78, 5) is 41.8. The number of aromatic nitrogens is 2. The third-order valence-electron chi connectivity index (χ3n) is 6.22. The molecule has 0 aliphatic carbocycles. The quantitative estimate of drug-likeness (QED) is 0.360. The van der Waals surface area contributed by atoms with Crippen LogP contribution < -0.4 is 26.1 Å². The molecule has 3 aromatic rings. The number of ether oxygens (including phenoxy) is 3. The first-order valence-corrected chi connectivity index (χ1v) is 10.3. The van der Waals surface area contributed by atoms with Crippen LogP contribution in [-0.2, 0) is 34.0 Å². The van der Waals surface area contributed by atoms with Gasteiger partial charge in [0.05, 0.1) is 35.6 Å².